The molecule has 1 aromatic carbocycles. The van der Waals surface area contributed by atoms with E-state index in [0.29, 0.717) is 0 Å². The highest BCUT2D eigenvalue weighted by Crippen LogP contribution is 2.40. The van der Waals surface area contributed by atoms with Crippen LogP contribution in [0, 0.1) is 5.92 Å². The lowest BCUT2D eigenvalue weighted by molar-refractivity contribution is 0.199. The lowest BCUT2D eigenvalue weighted by Crippen LogP contribution is -2.34. The Bertz CT molecular complexity index is 468. The summed E-state index contributed by atoms with van der Waals surface area (Å²) in [5.41, 5.74) is 2.29. The maximum absolute atomic E-state index is 9.69. The summed E-state index contributed by atoms with van der Waals surface area (Å²) in [6.07, 6.45) is 7.90. The average molecular weight is 338 g/mol. The number of halogens is 1. The van der Waals surface area contributed by atoms with Gasteiger partial charge in [0.2, 0.25) is 0 Å². The molecule has 0 aromatic heterocycles. The number of benzene rings is 1. The van der Waals surface area contributed by atoms with E-state index in [1.54, 1.807) is 0 Å². The van der Waals surface area contributed by atoms with Gasteiger partial charge in [-0.25, -0.2) is 0 Å². The number of nitrogens with zero attached hydrogens (tertiary/aromatic N) is 1. The summed E-state index contributed by atoms with van der Waals surface area (Å²) < 4.78 is 1.13. The van der Waals surface area contributed by atoms with Crippen LogP contribution in [-0.2, 0) is 0 Å². The van der Waals surface area contributed by atoms with Crippen molar-refractivity contribution in [2.24, 2.45) is 5.92 Å². The second-order valence-corrected chi connectivity index (χ2v) is 7.19. The third-order valence-corrected chi connectivity index (χ3v) is 5.64. The van der Waals surface area contributed by atoms with Crippen molar-refractivity contribution in [2.45, 2.75) is 57.6 Å². The highest BCUT2D eigenvalue weighted by atomic mass is 79.9. The van der Waals surface area contributed by atoms with Gasteiger partial charge >= 0.3 is 0 Å². The second-order valence-electron chi connectivity index (χ2n) is 6.33. The number of hydrogen-bond donors (Lipinski definition) is 1. The van der Waals surface area contributed by atoms with Gasteiger partial charge in [0.15, 0.2) is 0 Å². The van der Waals surface area contributed by atoms with Crippen LogP contribution in [0.15, 0.2) is 22.7 Å². The van der Waals surface area contributed by atoms with Crippen molar-refractivity contribution >= 4 is 21.6 Å². The first kappa shape index (κ1) is 14.4. The van der Waals surface area contributed by atoms with Gasteiger partial charge in [0.1, 0.15) is 0 Å². The third-order valence-electron chi connectivity index (χ3n) is 5.01. The van der Waals surface area contributed by atoms with Gasteiger partial charge in [-0.3, -0.25) is 0 Å². The first-order valence-electron chi connectivity index (χ1n) is 7.91. The number of aliphatic hydroxyl groups is 1. The average Bonchev–Trinajstić information content (AvgIpc) is 3.09. The normalized spacial score (nSPS) is 25.4. The minimum atomic E-state index is -0.399. The molecule has 1 saturated carbocycles. The minimum absolute atomic E-state index is 0.399. The van der Waals surface area contributed by atoms with Crippen molar-refractivity contribution in [1.29, 1.82) is 0 Å². The molecule has 2 nitrogen and oxygen atoms in total. The molecule has 20 heavy (non-hydrogen) atoms. The van der Waals surface area contributed by atoms with Crippen LogP contribution in [0.3, 0.4) is 0 Å². The fourth-order valence-corrected chi connectivity index (χ4v) is 4.56. The van der Waals surface area contributed by atoms with Crippen molar-refractivity contribution in [1.82, 2.24) is 0 Å². The molecule has 2 aliphatic rings. The predicted octanol–water partition coefficient (Wildman–Crippen LogP) is 4.66. The van der Waals surface area contributed by atoms with Gasteiger partial charge in [0.25, 0.3) is 0 Å². The summed E-state index contributed by atoms with van der Waals surface area (Å²) in [6.45, 7) is 2.99. The van der Waals surface area contributed by atoms with Crippen molar-refractivity contribution < 1.29 is 5.11 Å². The fourth-order valence-electron chi connectivity index (χ4n) is 3.94. The lowest BCUT2D eigenvalue weighted by atomic mass is 9.95. The summed E-state index contributed by atoms with van der Waals surface area (Å²) in [5, 5.41) is 9.69. The molecule has 1 aromatic rings. The minimum Gasteiger partial charge on any atom is -0.389 e. The summed E-state index contributed by atoms with van der Waals surface area (Å²) in [5.74, 6) is 0.890. The molecule has 110 valence electrons. The summed E-state index contributed by atoms with van der Waals surface area (Å²) in [6, 6.07) is 7.05. The number of rotatable bonds is 3. The Hall–Kier alpha value is -0.540. The molecule has 1 aliphatic carbocycles. The molecule has 0 spiro atoms. The van der Waals surface area contributed by atoms with Gasteiger partial charge in [0.05, 0.1) is 11.8 Å². The van der Waals surface area contributed by atoms with Crippen LogP contribution in [0.4, 0.5) is 5.69 Å². The maximum atomic E-state index is 9.69. The smallest absolute Gasteiger partial charge is 0.0762 e. The zero-order chi connectivity index (χ0) is 14.1. The van der Waals surface area contributed by atoms with Crippen molar-refractivity contribution in [2.75, 3.05) is 11.4 Å². The van der Waals surface area contributed by atoms with E-state index in [0.717, 1.165) is 22.0 Å². The zero-order valence-electron chi connectivity index (χ0n) is 12.2. The SMILES string of the molecule is C[C@@H](O)c1ccc(N2CCCC2C2CCCC2)c(Br)c1. The largest absolute Gasteiger partial charge is 0.389 e. The Labute approximate surface area is 130 Å². The van der Waals surface area contributed by atoms with Crippen LogP contribution < -0.4 is 4.90 Å². The highest BCUT2D eigenvalue weighted by molar-refractivity contribution is 9.10. The van der Waals surface area contributed by atoms with E-state index in [-0.39, 0.29) is 0 Å². The molecular formula is C17H24BrNO. The van der Waals surface area contributed by atoms with Gasteiger partial charge < -0.3 is 10.0 Å². The molecule has 1 N–H and O–H groups in total. The van der Waals surface area contributed by atoms with E-state index < -0.39 is 6.10 Å². The molecule has 1 saturated heterocycles. The molecule has 0 radical (unpaired) electrons. The van der Waals surface area contributed by atoms with Gasteiger partial charge in [-0.2, -0.15) is 0 Å². The molecule has 2 fully saturated rings. The molecule has 0 bridgehead atoms. The summed E-state index contributed by atoms with van der Waals surface area (Å²) in [7, 11) is 0. The Balaban J connectivity index is 1.83. The van der Waals surface area contributed by atoms with Crippen LogP contribution in [0.25, 0.3) is 0 Å². The number of anilines is 1. The van der Waals surface area contributed by atoms with Gasteiger partial charge in [-0.15, -0.1) is 0 Å². The molecule has 0 amide bonds. The van der Waals surface area contributed by atoms with Gasteiger partial charge in [-0.05, 0) is 72.2 Å². The van der Waals surface area contributed by atoms with E-state index in [9.17, 15) is 5.11 Å². The monoisotopic (exact) mass is 337 g/mol. The third kappa shape index (κ3) is 2.75. The van der Waals surface area contributed by atoms with Crippen molar-refractivity contribution in [3.63, 3.8) is 0 Å². The molecule has 3 heteroatoms. The van der Waals surface area contributed by atoms with Gasteiger partial charge in [0, 0.05) is 17.1 Å². The van der Waals surface area contributed by atoms with E-state index in [2.05, 4.69) is 39.0 Å². The van der Waals surface area contributed by atoms with E-state index in [1.807, 2.05) is 6.92 Å². The van der Waals surface area contributed by atoms with Crippen LogP contribution >= 0.6 is 15.9 Å². The second kappa shape index (κ2) is 6.07. The molecule has 3 rings (SSSR count). The Morgan fingerprint density at radius 3 is 2.60 bits per heavy atom. The number of hydrogen-bond acceptors (Lipinski definition) is 2. The predicted molar refractivity (Wildman–Crippen MR) is 87.1 cm³/mol. The molecular weight excluding hydrogens is 314 g/mol. The van der Waals surface area contributed by atoms with Crippen LogP contribution in [0.5, 0.6) is 0 Å². The number of aliphatic hydroxyl groups excluding tert-OH is 1. The first-order valence-corrected chi connectivity index (χ1v) is 8.70. The summed E-state index contributed by atoms with van der Waals surface area (Å²) in [4.78, 5) is 2.60. The lowest BCUT2D eigenvalue weighted by Gasteiger charge is -2.32. The fraction of sp³-hybridized carbons (Fsp3) is 0.647. The molecule has 1 unspecified atom stereocenters. The first-order chi connectivity index (χ1) is 9.66. The summed E-state index contributed by atoms with van der Waals surface area (Å²) >= 11 is 3.71. The van der Waals surface area contributed by atoms with Crippen molar-refractivity contribution in [3.8, 4) is 0 Å². The van der Waals surface area contributed by atoms with E-state index in [1.165, 1.54) is 50.8 Å². The Morgan fingerprint density at radius 1 is 1.20 bits per heavy atom. The van der Waals surface area contributed by atoms with Crippen LogP contribution in [0.1, 0.15) is 57.1 Å². The topological polar surface area (TPSA) is 23.5 Å². The highest BCUT2D eigenvalue weighted by Gasteiger charge is 2.34. The van der Waals surface area contributed by atoms with Crippen LogP contribution in [-0.4, -0.2) is 17.7 Å². The Morgan fingerprint density at radius 2 is 1.95 bits per heavy atom. The molecule has 1 heterocycles. The van der Waals surface area contributed by atoms with Crippen LogP contribution in [0.2, 0.25) is 0 Å². The molecule has 2 atom stereocenters. The van der Waals surface area contributed by atoms with Crippen molar-refractivity contribution in [3.05, 3.63) is 28.2 Å². The standard InChI is InChI=1S/C17H24BrNO/c1-12(20)14-8-9-17(15(18)11-14)19-10-4-7-16(19)13-5-2-3-6-13/h8-9,11-13,16,20H,2-7,10H2,1H3/t12-,16?/m1/s1. The Kier molecular flexibility index (Phi) is 4.37. The van der Waals surface area contributed by atoms with Gasteiger partial charge in [-0.1, -0.05) is 18.9 Å². The quantitative estimate of drug-likeness (QED) is 0.866. The van der Waals surface area contributed by atoms with E-state index >= 15 is 0 Å². The zero-order valence-corrected chi connectivity index (χ0v) is 13.8. The molecule has 1 aliphatic heterocycles. The van der Waals surface area contributed by atoms with E-state index in [4.69, 9.17) is 0 Å². The maximum Gasteiger partial charge on any atom is 0.0762 e.